The van der Waals surface area contributed by atoms with Crippen LogP contribution in [0.15, 0.2) is 30.3 Å². The Balaban J connectivity index is 1.75. The molecule has 98 valence electrons. The molecule has 0 spiro atoms. The van der Waals surface area contributed by atoms with E-state index in [0.29, 0.717) is 0 Å². The van der Waals surface area contributed by atoms with Crippen molar-refractivity contribution in [2.24, 2.45) is 0 Å². The number of benzene rings is 1. The molecule has 2 bridgehead atoms. The summed E-state index contributed by atoms with van der Waals surface area (Å²) in [4.78, 5) is 5.44. The number of rotatable bonds is 3. The third-order valence-electron chi connectivity index (χ3n) is 4.57. The second kappa shape index (κ2) is 5.41. The second-order valence-corrected chi connectivity index (χ2v) is 5.78. The summed E-state index contributed by atoms with van der Waals surface area (Å²) in [5.41, 5.74) is 1.47. The molecule has 0 saturated carbocycles. The summed E-state index contributed by atoms with van der Waals surface area (Å²) in [5.74, 6) is 0. The quantitative estimate of drug-likeness (QED) is 0.806. The molecule has 0 amide bonds. The fourth-order valence-electron chi connectivity index (χ4n) is 3.58. The van der Waals surface area contributed by atoms with E-state index in [1.54, 1.807) is 0 Å². The van der Waals surface area contributed by atoms with Crippen LogP contribution in [0.3, 0.4) is 0 Å². The topological polar surface area (TPSA) is 6.48 Å². The average molecular weight is 244 g/mol. The van der Waals surface area contributed by atoms with Crippen molar-refractivity contribution >= 4 is 0 Å². The molecule has 2 heteroatoms. The molecule has 0 N–H and O–H groups in total. The molecular formula is C16H24N2. The summed E-state index contributed by atoms with van der Waals surface area (Å²) in [6.07, 6.45) is 4.05. The Hall–Kier alpha value is -0.860. The summed E-state index contributed by atoms with van der Waals surface area (Å²) in [6.45, 7) is 7.37. The van der Waals surface area contributed by atoms with Gasteiger partial charge in [-0.3, -0.25) is 4.90 Å². The Morgan fingerprint density at radius 1 is 1.17 bits per heavy atom. The largest absolute Gasteiger partial charge is 0.300 e. The van der Waals surface area contributed by atoms with Crippen molar-refractivity contribution in [3.8, 4) is 0 Å². The number of piperazine rings is 1. The van der Waals surface area contributed by atoms with Crippen LogP contribution in [0.5, 0.6) is 0 Å². The molecule has 0 radical (unpaired) electrons. The van der Waals surface area contributed by atoms with Crippen LogP contribution in [-0.2, 0) is 6.54 Å². The summed E-state index contributed by atoms with van der Waals surface area (Å²) in [7, 11) is 0. The van der Waals surface area contributed by atoms with Crippen LogP contribution in [0.4, 0.5) is 0 Å². The highest BCUT2D eigenvalue weighted by Gasteiger charge is 2.35. The van der Waals surface area contributed by atoms with E-state index in [2.05, 4.69) is 47.1 Å². The molecule has 3 rings (SSSR count). The summed E-state index contributed by atoms with van der Waals surface area (Å²) in [6, 6.07) is 12.5. The van der Waals surface area contributed by atoms with Crippen molar-refractivity contribution in [3.63, 3.8) is 0 Å². The molecule has 1 aromatic rings. The molecule has 2 saturated heterocycles. The lowest BCUT2D eigenvalue weighted by Crippen LogP contribution is -2.60. The van der Waals surface area contributed by atoms with Gasteiger partial charge in [0.25, 0.3) is 0 Å². The van der Waals surface area contributed by atoms with E-state index < -0.39 is 0 Å². The molecule has 0 aliphatic carbocycles. The molecule has 1 aromatic carbocycles. The number of hydrogen-bond donors (Lipinski definition) is 0. The SMILES string of the molecule is CCC1CN2CCCC(C2)N1Cc1ccccc1. The smallest absolute Gasteiger partial charge is 0.0240 e. The average Bonchev–Trinajstić information content (AvgIpc) is 2.43. The van der Waals surface area contributed by atoms with Gasteiger partial charge in [0.15, 0.2) is 0 Å². The van der Waals surface area contributed by atoms with Gasteiger partial charge in [0, 0.05) is 31.7 Å². The van der Waals surface area contributed by atoms with Gasteiger partial charge in [0.1, 0.15) is 0 Å². The highest BCUT2D eigenvalue weighted by Crippen LogP contribution is 2.27. The zero-order valence-corrected chi connectivity index (χ0v) is 11.4. The lowest BCUT2D eigenvalue weighted by Gasteiger charge is -2.50. The van der Waals surface area contributed by atoms with Gasteiger partial charge >= 0.3 is 0 Å². The highest BCUT2D eigenvalue weighted by molar-refractivity contribution is 5.15. The van der Waals surface area contributed by atoms with Crippen molar-refractivity contribution in [3.05, 3.63) is 35.9 Å². The zero-order chi connectivity index (χ0) is 12.4. The van der Waals surface area contributed by atoms with Gasteiger partial charge in [0.05, 0.1) is 0 Å². The van der Waals surface area contributed by atoms with Gasteiger partial charge in [-0.05, 0) is 31.4 Å². The molecule has 0 aromatic heterocycles. The number of piperidine rings is 1. The lowest BCUT2D eigenvalue weighted by atomic mass is 9.95. The molecule has 2 aliphatic heterocycles. The Kier molecular flexibility index (Phi) is 3.67. The van der Waals surface area contributed by atoms with Crippen LogP contribution in [0, 0.1) is 0 Å². The molecule has 18 heavy (non-hydrogen) atoms. The van der Waals surface area contributed by atoms with E-state index in [1.165, 1.54) is 44.5 Å². The second-order valence-electron chi connectivity index (χ2n) is 5.78. The summed E-state index contributed by atoms with van der Waals surface area (Å²) >= 11 is 0. The third-order valence-corrected chi connectivity index (χ3v) is 4.57. The first kappa shape index (κ1) is 12.2. The van der Waals surface area contributed by atoms with E-state index in [-0.39, 0.29) is 0 Å². The van der Waals surface area contributed by atoms with Crippen molar-refractivity contribution < 1.29 is 0 Å². The maximum absolute atomic E-state index is 2.77. The van der Waals surface area contributed by atoms with E-state index >= 15 is 0 Å². The maximum Gasteiger partial charge on any atom is 0.0240 e. The molecule has 2 fully saturated rings. The third kappa shape index (κ3) is 2.45. The molecule has 2 nitrogen and oxygen atoms in total. The Morgan fingerprint density at radius 2 is 2.00 bits per heavy atom. The van der Waals surface area contributed by atoms with E-state index in [4.69, 9.17) is 0 Å². The summed E-state index contributed by atoms with van der Waals surface area (Å²) in [5, 5.41) is 0. The first-order chi connectivity index (χ1) is 8.86. The minimum absolute atomic E-state index is 0.754. The number of nitrogens with zero attached hydrogens (tertiary/aromatic N) is 2. The zero-order valence-electron chi connectivity index (χ0n) is 11.4. The van der Waals surface area contributed by atoms with Gasteiger partial charge in [-0.1, -0.05) is 37.3 Å². The predicted octanol–water partition coefficient (Wildman–Crippen LogP) is 2.75. The Bertz CT molecular complexity index is 374. The van der Waals surface area contributed by atoms with Crippen LogP contribution in [0.1, 0.15) is 31.7 Å². The highest BCUT2D eigenvalue weighted by atomic mass is 15.3. The molecule has 2 heterocycles. The lowest BCUT2D eigenvalue weighted by molar-refractivity contribution is -0.0121. The Morgan fingerprint density at radius 3 is 2.78 bits per heavy atom. The van der Waals surface area contributed by atoms with Gasteiger partial charge in [0.2, 0.25) is 0 Å². The minimum Gasteiger partial charge on any atom is -0.300 e. The van der Waals surface area contributed by atoms with Crippen molar-refractivity contribution in [2.75, 3.05) is 19.6 Å². The van der Waals surface area contributed by atoms with Gasteiger partial charge < -0.3 is 4.90 Å². The first-order valence-corrected chi connectivity index (χ1v) is 7.39. The number of hydrogen-bond acceptors (Lipinski definition) is 2. The summed E-state index contributed by atoms with van der Waals surface area (Å²) < 4.78 is 0. The fraction of sp³-hybridized carbons (Fsp3) is 0.625. The van der Waals surface area contributed by atoms with Crippen LogP contribution >= 0.6 is 0 Å². The van der Waals surface area contributed by atoms with E-state index in [9.17, 15) is 0 Å². The number of fused-ring (bicyclic) bond motifs is 2. The van der Waals surface area contributed by atoms with Crippen molar-refractivity contribution in [1.82, 2.24) is 9.80 Å². The standard InChI is InChI=1S/C16H24N2/c1-2-15-12-17-10-6-9-16(13-17)18(15)11-14-7-4-3-5-8-14/h3-5,7-8,15-16H,2,6,9-13H2,1H3. The van der Waals surface area contributed by atoms with E-state index in [0.717, 1.165) is 18.6 Å². The van der Waals surface area contributed by atoms with Crippen LogP contribution in [0.25, 0.3) is 0 Å². The molecule has 3 atom stereocenters. The van der Waals surface area contributed by atoms with Crippen molar-refractivity contribution in [1.29, 1.82) is 0 Å². The van der Waals surface area contributed by atoms with Crippen LogP contribution in [-0.4, -0.2) is 41.5 Å². The van der Waals surface area contributed by atoms with Crippen molar-refractivity contribution in [2.45, 2.75) is 44.8 Å². The molecular weight excluding hydrogens is 220 g/mol. The van der Waals surface area contributed by atoms with Gasteiger partial charge in [-0.2, -0.15) is 0 Å². The van der Waals surface area contributed by atoms with Gasteiger partial charge in [-0.25, -0.2) is 0 Å². The van der Waals surface area contributed by atoms with E-state index in [1.807, 2.05) is 0 Å². The monoisotopic (exact) mass is 244 g/mol. The van der Waals surface area contributed by atoms with Gasteiger partial charge in [-0.15, -0.1) is 0 Å². The first-order valence-electron chi connectivity index (χ1n) is 7.39. The molecule has 2 aliphatic rings. The van der Waals surface area contributed by atoms with Crippen LogP contribution < -0.4 is 0 Å². The molecule has 3 unspecified atom stereocenters. The van der Waals surface area contributed by atoms with Crippen LogP contribution in [0.2, 0.25) is 0 Å². The normalized spacial score (nSPS) is 32.4. The fourth-order valence-corrected chi connectivity index (χ4v) is 3.58. The Labute approximate surface area is 111 Å². The minimum atomic E-state index is 0.754. The predicted molar refractivity (Wildman–Crippen MR) is 75.5 cm³/mol. The maximum atomic E-state index is 2.77.